The van der Waals surface area contributed by atoms with Gasteiger partial charge in [-0.2, -0.15) is 0 Å². The van der Waals surface area contributed by atoms with Crippen LogP contribution in [0.25, 0.3) is 0 Å². The molecule has 15 heavy (non-hydrogen) atoms. The first kappa shape index (κ1) is 10.1. The zero-order valence-electron chi connectivity index (χ0n) is 8.30. The summed E-state index contributed by atoms with van der Waals surface area (Å²) in [6.07, 6.45) is 2.70. The van der Waals surface area contributed by atoms with Gasteiger partial charge in [-0.05, 0) is 30.0 Å². The van der Waals surface area contributed by atoms with Crippen LogP contribution in [-0.2, 0) is 0 Å². The lowest BCUT2D eigenvalue weighted by Crippen LogP contribution is -1.98. The first-order chi connectivity index (χ1) is 7.16. The maximum absolute atomic E-state index is 10.4. The molecule has 0 heterocycles. The molecule has 1 saturated carbocycles. The number of nitrogens with zero attached hydrogens (tertiary/aromatic N) is 1. The van der Waals surface area contributed by atoms with Crippen molar-refractivity contribution in [3.05, 3.63) is 39.9 Å². The summed E-state index contributed by atoms with van der Waals surface area (Å²) in [4.78, 5) is 9.98. The molecule has 1 N–H and O–H groups in total. The average molecular weight is 207 g/mol. The van der Waals surface area contributed by atoms with E-state index >= 15 is 0 Å². The molecule has 80 valence electrons. The second-order valence-corrected chi connectivity index (χ2v) is 4.04. The number of hydrogen-bond acceptors (Lipinski definition) is 3. The van der Waals surface area contributed by atoms with Crippen LogP contribution in [0.2, 0.25) is 0 Å². The average Bonchev–Trinajstić information content (AvgIpc) is 3.02. The Balaban J connectivity index is 2.04. The van der Waals surface area contributed by atoms with E-state index in [0.717, 1.165) is 12.0 Å². The number of rotatable bonds is 4. The fraction of sp³-hybridized carbons (Fsp3) is 0.455. The van der Waals surface area contributed by atoms with Gasteiger partial charge in [0.15, 0.2) is 0 Å². The number of nitro groups is 1. The summed E-state index contributed by atoms with van der Waals surface area (Å²) in [6, 6.07) is 6.13. The lowest BCUT2D eigenvalue weighted by atomic mass is 10.0. The Labute approximate surface area is 87.7 Å². The molecule has 2 rings (SSSR count). The Hall–Kier alpha value is -1.42. The van der Waals surface area contributed by atoms with Crippen molar-refractivity contribution >= 4 is 5.69 Å². The maximum atomic E-state index is 10.4. The van der Waals surface area contributed by atoms with Crippen molar-refractivity contribution in [3.8, 4) is 0 Å². The third-order valence-electron chi connectivity index (χ3n) is 2.74. The number of hydrogen-bond donors (Lipinski definition) is 1. The quantitative estimate of drug-likeness (QED) is 0.609. The molecule has 0 amide bonds. The molecule has 1 atom stereocenters. The van der Waals surface area contributed by atoms with Crippen LogP contribution in [0.3, 0.4) is 0 Å². The zero-order chi connectivity index (χ0) is 10.8. The summed E-state index contributed by atoms with van der Waals surface area (Å²) in [6.45, 7) is 0. The van der Waals surface area contributed by atoms with Crippen LogP contribution in [0.5, 0.6) is 0 Å². The standard InChI is InChI=1S/C11H13NO3/c13-11(7-8-1-2-8)9-3-5-10(6-4-9)12(14)15/h3-6,8,11,13H,1-2,7H2. The lowest BCUT2D eigenvalue weighted by Gasteiger charge is -2.09. The van der Waals surface area contributed by atoms with E-state index < -0.39 is 11.0 Å². The molecule has 1 aromatic rings. The van der Waals surface area contributed by atoms with Crippen LogP contribution in [0.4, 0.5) is 5.69 Å². The predicted molar refractivity (Wildman–Crippen MR) is 55.4 cm³/mol. The Morgan fingerprint density at radius 3 is 2.47 bits per heavy atom. The van der Waals surface area contributed by atoms with E-state index in [1.165, 1.54) is 25.0 Å². The second kappa shape index (κ2) is 3.98. The van der Waals surface area contributed by atoms with Crippen molar-refractivity contribution in [1.82, 2.24) is 0 Å². The molecule has 1 aromatic carbocycles. The van der Waals surface area contributed by atoms with Crippen LogP contribution < -0.4 is 0 Å². The topological polar surface area (TPSA) is 63.4 Å². The van der Waals surface area contributed by atoms with Gasteiger partial charge in [-0.1, -0.05) is 12.8 Å². The molecule has 1 aliphatic rings. The van der Waals surface area contributed by atoms with E-state index in [4.69, 9.17) is 0 Å². The summed E-state index contributed by atoms with van der Waals surface area (Å²) < 4.78 is 0. The normalized spacial score (nSPS) is 17.4. The SMILES string of the molecule is O=[N+]([O-])c1ccc(C(O)CC2CC2)cc1. The molecule has 0 aliphatic heterocycles. The molecule has 0 spiro atoms. The minimum atomic E-state index is -0.474. The molecule has 0 bridgehead atoms. The number of nitro benzene ring substituents is 1. The Morgan fingerprint density at radius 2 is 2.00 bits per heavy atom. The minimum Gasteiger partial charge on any atom is -0.388 e. The highest BCUT2D eigenvalue weighted by molar-refractivity contribution is 5.33. The molecular weight excluding hydrogens is 194 g/mol. The third kappa shape index (κ3) is 2.53. The molecule has 1 aliphatic carbocycles. The van der Waals surface area contributed by atoms with Crippen LogP contribution >= 0.6 is 0 Å². The van der Waals surface area contributed by atoms with Gasteiger partial charge >= 0.3 is 0 Å². The van der Waals surface area contributed by atoms with Crippen LogP contribution in [0.1, 0.15) is 30.9 Å². The highest BCUT2D eigenvalue weighted by Crippen LogP contribution is 2.37. The summed E-state index contributed by atoms with van der Waals surface area (Å²) in [5.41, 5.74) is 0.838. The zero-order valence-corrected chi connectivity index (χ0v) is 8.30. The fourth-order valence-electron chi connectivity index (χ4n) is 1.62. The van der Waals surface area contributed by atoms with Gasteiger partial charge in [-0.15, -0.1) is 0 Å². The second-order valence-electron chi connectivity index (χ2n) is 4.04. The predicted octanol–water partition coefficient (Wildman–Crippen LogP) is 2.43. The number of benzene rings is 1. The van der Waals surface area contributed by atoms with E-state index in [9.17, 15) is 15.2 Å². The van der Waals surface area contributed by atoms with Gasteiger partial charge in [0.2, 0.25) is 0 Å². The van der Waals surface area contributed by atoms with Gasteiger partial charge in [0, 0.05) is 12.1 Å². The van der Waals surface area contributed by atoms with Crippen LogP contribution in [0.15, 0.2) is 24.3 Å². The summed E-state index contributed by atoms with van der Waals surface area (Å²) in [5.74, 6) is 0.648. The highest BCUT2D eigenvalue weighted by atomic mass is 16.6. The minimum absolute atomic E-state index is 0.0670. The smallest absolute Gasteiger partial charge is 0.269 e. The van der Waals surface area contributed by atoms with Crippen molar-refractivity contribution in [1.29, 1.82) is 0 Å². The van der Waals surface area contributed by atoms with E-state index in [2.05, 4.69) is 0 Å². The van der Waals surface area contributed by atoms with Crippen molar-refractivity contribution in [2.24, 2.45) is 5.92 Å². The molecule has 1 fully saturated rings. The van der Waals surface area contributed by atoms with Crippen molar-refractivity contribution in [2.45, 2.75) is 25.4 Å². The van der Waals surface area contributed by atoms with E-state index in [-0.39, 0.29) is 5.69 Å². The van der Waals surface area contributed by atoms with Gasteiger partial charge in [0.05, 0.1) is 11.0 Å². The van der Waals surface area contributed by atoms with Crippen LogP contribution in [-0.4, -0.2) is 10.0 Å². The maximum Gasteiger partial charge on any atom is 0.269 e. The molecule has 0 aromatic heterocycles. The first-order valence-electron chi connectivity index (χ1n) is 5.09. The van der Waals surface area contributed by atoms with E-state index in [1.54, 1.807) is 12.1 Å². The Bertz CT molecular complexity index is 357. The Morgan fingerprint density at radius 1 is 1.40 bits per heavy atom. The van der Waals surface area contributed by atoms with Gasteiger partial charge in [-0.3, -0.25) is 10.1 Å². The molecular formula is C11H13NO3. The largest absolute Gasteiger partial charge is 0.388 e. The van der Waals surface area contributed by atoms with Crippen molar-refractivity contribution in [3.63, 3.8) is 0 Å². The van der Waals surface area contributed by atoms with Gasteiger partial charge in [0.1, 0.15) is 0 Å². The number of non-ortho nitro benzene ring substituents is 1. The van der Waals surface area contributed by atoms with Crippen molar-refractivity contribution < 1.29 is 10.0 Å². The van der Waals surface area contributed by atoms with Crippen molar-refractivity contribution in [2.75, 3.05) is 0 Å². The summed E-state index contributed by atoms with van der Waals surface area (Å²) in [7, 11) is 0. The number of aliphatic hydroxyl groups is 1. The molecule has 4 heteroatoms. The van der Waals surface area contributed by atoms with Crippen LogP contribution in [0, 0.1) is 16.0 Å². The first-order valence-corrected chi connectivity index (χ1v) is 5.09. The van der Waals surface area contributed by atoms with Gasteiger partial charge < -0.3 is 5.11 Å². The number of aliphatic hydroxyl groups excluding tert-OH is 1. The highest BCUT2D eigenvalue weighted by Gasteiger charge is 2.25. The molecule has 4 nitrogen and oxygen atoms in total. The molecule has 0 radical (unpaired) electrons. The fourth-order valence-corrected chi connectivity index (χ4v) is 1.62. The van der Waals surface area contributed by atoms with E-state index in [1.807, 2.05) is 0 Å². The van der Waals surface area contributed by atoms with Gasteiger partial charge in [-0.25, -0.2) is 0 Å². The summed E-state index contributed by atoms with van der Waals surface area (Å²) >= 11 is 0. The lowest BCUT2D eigenvalue weighted by molar-refractivity contribution is -0.384. The van der Waals surface area contributed by atoms with E-state index in [0.29, 0.717) is 5.92 Å². The monoisotopic (exact) mass is 207 g/mol. The Kier molecular flexibility index (Phi) is 2.68. The summed E-state index contributed by atoms with van der Waals surface area (Å²) in [5, 5.41) is 20.2. The third-order valence-corrected chi connectivity index (χ3v) is 2.74. The molecule has 0 saturated heterocycles. The van der Waals surface area contributed by atoms with Gasteiger partial charge in [0.25, 0.3) is 5.69 Å². The molecule has 1 unspecified atom stereocenters.